The molecule has 2 aliphatic rings. The number of aromatic nitrogens is 1. The van der Waals surface area contributed by atoms with E-state index in [1.807, 2.05) is 26.8 Å². The zero-order chi connectivity index (χ0) is 20.3. The van der Waals surface area contributed by atoms with Crippen LogP contribution in [0.4, 0.5) is 0 Å². The molecule has 1 N–H and O–H groups in total. The Morgan fingerprint density at radius 3 is 2.54 bits per heavy atom. The lowest BCUT2D eigenvalue weighted by Crippen LogP contribution is -2.53. The molecule has 0 bridgehead atoms. The summed E-state index contributed by atoms with van der Waals surface area (Å²) in [6, 6.07) is 2.93. The number of nitrogens with one attached hydrogen (secondary N) is 1. The Kier molecular flexibility index (Phi) is 6.43. The second-order valence-corrected chi connectivity index (χ2v) is 9.77. The van der Waals surface area contributed by atoms with Gasteiger partial charge in [-0.05, 0) is 39.7 Å². The fraction of sp³-hybridized carbons (Fsp3) is 0.619. The van der Waals surface area contributed by atoms with Crippen LogP contribution in [0.2, 0.25) is 0 Å². The summed E-state index contributed by atoms with van der Waals surface area (Å²) < 4.78 is 0. The van der Waals surface area contributed by atoms with Crippen molar-refractivity contribution >= 4 is 28.7 Å². The average Bonchev–Trinajstić information content (AvgIpc) is 3.30. The molecule has 7 heteroatoms. The lowest BCUT2D eigenvalue weighted by molar-refractivity contribution is -0.147. The van der Waals surface area contributed by atoms with E-state index in [0.717, 1.165) is 25.7 Å². The summed E-state index contributed by atoms with van der Waals surface area (Å²) in [5, 5.41) is 3.10. The van der Waals surface area contributed by atoms with Crippen LogP contribution in [-0.2, 0) is 14.4 Å². The summed E-state index contributed by atoms with van der Waals surface area (Å²) in [5.41, 5.74) is 0.294. The van der Waals surface area contributed by atoms with Crippen molar-refractivity contribution in [3.8, 4) is 0 Å². The quantitative estimate of drug-likeness (QED) is 0.817. The fourth-order valence-electron chi connectivity index (χ4n) is 4.00. The second kappa shape index (κ2) is 8.64. The minimum absolute atomic E-state index is 0.0177. The van der Waals surface area contributed by atoms with E-state index in [-0.39, 0.29) is 35.3 Å². The molecule has 2 atom stereocenters. The highest BCUT2D eigenvalue weighted by molar-refractivity contribution is 8.14. The third-order valence-corrected chi connectivity index (χ3v) is 6.26. The van der Waals surface area contributed by atoms with Crippen LogP contribution in [0.15, 0.2) is 24.5 Å². The van der Waals surface area contributed by atoms with E-state index in [0.29, 0.717) is 11.3 Å². The topological polar surface area (TPSA) is 79.4 Å². The molecule has 1 saturated heterocycles. The maximum absolute atomic E-state index is 13.5. The first kappa shape index (κ1) is 20.8. The van der Waals surface area contributed by atoms with Gasteiger partial charge in [-0.15, -0.1) is 0 Å². The van der Waals surface area contributed by atoms with Crippen molar-refractivity contribution in [3.05, 3.63) is 30.1 Å². The molecule has 28 heavy (non-hydrogen) atoms. The van der Waals surface area contributed by atoms with Crippen molar-refractivity contribution in [3.63, 3.8) is 0 Å². The molecule has 152 valence electrons. The van der Waals surface area contributed by atoms with Crippen molar-refractivity contribution in [2.45, 2.75) is 70.5 Å². The van der Waals surface area contributed by atoms with Crippen LogP contribution in [0.5, 0.6) is 0 Å². The predicted molar refractivity (Wildman–Crippen MR) is 110 cm³/mol. The van der Waals surface area contributed by atoms with E-state index in [1.54, 1.807) is 23.4 Å². The molecule has 3 rings (SSSR count). The van der Waals surface area contributed by atoms with E-state index in [2.05, 4.69) is 10.3 Å². The number of thioether (sulfide) groups is 1. The third-order valence-electron chi connectivity index (χ3n) is 5.21. The SMILES string of the molecule is CC(C)(C)NC(=O)[C@H](c1cccnc1)N(C(=O)[C@@H]1CSC(=O)C1)C1CCCC1. The van der Waals surface area contributed by atoms with Crippen LogP contribution in [0, 0.1) is 5.92 Å². The van der Waals surface area contributed by atoms with Crippen molar-refractivity contribution in [1.82, 2.24) is 15.2 Å². The molecule has 0 unspecified atom stereocenters. The van der Waals surface area contributed by atoms with E-state index in [1.165, 1.54) is 11.8 Å². The highest BCUT2D eigenvalue weighted by Crippen LogP contribution is 2.36. The first-order valence-corrected chi connectivity index (χ1v) is 10.9. The fourth-order valence-corrected chi connectivity index (χ4v) is 4.96. The van der Waals surface area contributed by atoms with Gasteiger partial charge in [-0.1, -0.05) is 30.7 Å². The zero-order valence-corrected chi connectivity index (χ0v) is 17.6. The van der Waals surface area contributed by atoms with Crippen LogP contribution in [0.1, 0.15) is 64.5 Å². The van der Waals surface area contributed by atoms with E-state index < -0.39 is 11.6 Å². The van der Waals surface area contributed by atoms with E-state index in [9.17, 15) is 14.4 Å². The average molecular weight is 404 g/mol. The monoisotopic (exact) mass is 403 g/mol. The van der Waals surface area contributed by atoms with Gasteiger partial charge in [-0.3, -0.25) is 19.4 Å². The van der Waals surface area contributed by atoms with E-state index >= 15 is 0 Å². The minimum Gasteiger partial charge on any atom is -0.349 e. The highest BCUT2D eigenvalue weighted by atomic mass is 32.2. The summed E-state index contributed by atoms with van der Waals surface area (Å²) in [6.45, 7) is 5.79. The van der Waals surface area contributed by atoms with Gasteiger partial charge in [-0.25, -0.2) is 0 Å². The van der Waals surface area contributed by atoms with Gasteiger partial charge in [-0.2, -0.15) is 0 Å². The molecular formula is C21H29N3O3S. The zero-order valence-electron chi connectivity index (χ0n) is 16.8. The van der Waals surface area contributed by atoms with Crippen molar-refractivity contribution in [2.24, 2.45) is 5.92 Å². The Hall–Kier alpha value is -1.89. The van der Waals surface area contributed by atoms with Gasteiger partial charge in [0.05, 0.1) is 5.92 Å². The predicted octanol–water partition coefficient (Wildman–Crippen LogP) is 3.09. The van der Waals surface area contributed by atoms with Crippen molar-refractivity contribution in [1.29, 1.82) is 0 Å². The van der Waals surface area contributed by atoms with Crippen molar-refractivity contribution < 1.29 is 14.4 Å². The number of hydrogen-bond acceptors (Lipinski definition) is 5. The Morgan fingerprint density at radius 2 is 2.00 bits per heavy atom. The van der Waals surface area contributed by atoms with Crippen molar-refractivity contribution in [2.75, 3.05) is 5.75 Å². The largest absolute Gasteiger partial charge is 0.349 e. The molecule has 6 nitrogen and oxygen atoms in total. The molecule has 0 aromatic carbocycles. The van der Waals surface area contributed by atoms with Gasteiger partial charge < -0.3 is 10.2 Å². The normalized spacial score (nSPS) is 21.5. The molecule has 1 saturated carbocycles. The van der Waals surface area contributed by atoms with Gasteiger partial charge in [0.2, 0.25) is 11.8 Å². The van der Waals surface area contributed by atoms with Crippen LogP contribution in [0.25, 0.3) is 0 Å². The Balaban J connectivity index is 1.99. The number of amides is 2. The van der Waals surface area contributed by atoms with Gasteiger partial charge in [0, 0.05) is 41.7 Å². The number of rotatable bonds is 5. The second-order valence-electron chi connectivity index (χ2n) is 8.70. The number of nitrogens with zero attached hydrogens (tertiary/aromatic N) is 2. The first-order chi connectivity index (χ1) is 13.3. The summed E-state index contributed by atoms with van der Waals surface area (Å²) >= 11 is 1.22. The van der Waals surface area contributed by atoms with Crippen LogP contribution in [0.3, 0.4) is 0 Å². The van der Waals surface area contributed by atoms with Crippen LogP contribution < -0.4 is 5.32 Å². The summed E-state index contributed by atoms with van der Waals surface area (Å²) in [6.07, 6.45) is 7.46. The molecule has 1 aromatic rings. The summed E-state index contributed by atoms with van der Waals surface area (Å²) in [5.74, 6) is -0.123. The smallest absolute Gasteiger partial charge is 0.247 e. The van der Waals surface area contributed by atoms with Gasteiger partial charge in [0.1, 0.15) is 6.04 Å². The lowest BCUT2D eigenvalue weighted by atomic mass is 9.97. The summed E-state index contributed by atoms with van der Waals surface area (Å²) in [7, 11) is 0. The standard InChI is InChI=1S/C21H29N3O3S/c1-21(2,3)23-19(26)18(14-7-6-10-22-12-14)24(16-8-4-5-9-16)20(27)15-11-17(25)28-13-15/h6-7,10,12,15-16,18H,4-5,8-9,11,13H2,1-3H3,(H,23,26)/t15-,18-/m0/s1. The Labute approximate surface area is 170 Å². The van der Waals surface area contributed by atoms with Gasteiger partial charge >= 0.3 is 0 Å². The Morgan fingerprint density at radius 1 is 1.29 bits per heavy atom. The first-order valence-electron chi connectivity index (χ1n) is 9.96. The Bertz CT molecular complexity index is 726. The molecular weight excluding hydrogens is 374 g/mol. The number of carbonyl (C=O) groups excluding carboxylic acids is 3. The molecule has 1 aromatic heterocycles. The number of carbonyl (C=O) groups is 3. The molecule has 0 spiro atoms. The number of hydrogen-bond donors (Lipinski definition) is 1. The molecule has 0 radical (unpaired) electrons. The molecule has 2 heterocycles. The van der Waals surface area contributed by atoms with Crippen LogP contribution >= 0.6 is 11.8 Å². The highest BCUT2D eigenvalue weighted by Gasteiger charge is 2.42. The number of pyridine rings is 1. The van der Waals surface area contributed by atoms with E-state index in [4.69, 9.17) is 0 Å². The lowest BCUT2D eigenvalue weighted by Gasteiger charge is -2.38. The maximum atomic E-state index is 13.5. The molecule has 2 fully saturated rings. The molecule has 1 aliphatic carbocycles. The minimum atomic E-state index is -0.732. The third kappa shape index (κ3) is 4.93. The van der Waals surface area contributed by atoms with Crippen LogP contribution in [-0.4, -0.2) is 44.1 Å². The summed E-state index contributed by atoms with van der Waals surface area (Å²) in [4.78, 5) is 44.6. The molecule has 1 aliphatic heterocycles. The van der Waals surface area contributed by atoms with Gasteiger partial charge in [0.25, 0.3) is 0 Å². The maximum Gasteiger partial charge on any atom is 0.247 e. The molecule has 2 amide bonds. The van der Waals surface area contributed by atoms with Gasteiger partial charge in [0.15, 0.2) is 5.12 Å².